The zero-order valence-corrected chi connectivity index (χ0v) is 14.9. The summed E-state index contributed by atoms with van der Waals surface area (Å²) in [5.74, 6) is 1.12. The van der Waals surface area contributed by atoms with E-state index < -0.39 is 0 Å². The van der Waals surface area contributed by atoms with Crippen molar-refractivity contribution < 1.29 is 9.59 Å². The van der Waals surface area contributed by atoms with E-state index >= 15 is 0 Å². The van der Waals surface area contributed by atoms with E-state index in [0.717, 1.165) is 38.9 Å². The predicted octanol–water partition coefficient (Wildman–Crippen LogP) is 0.469. The minimum Gasteiger partial charge on any atom is -0.357 e. The molecular formula is C17H31N5O2. The Morgan fingerprint density at radius 3 is 2.46 bits per heavy atom. The lowest BCUT2D eigenvalue weighted by molar-refractivity contribution is -0.134. The summed E-state index contributed by atoms with van der Waals surface area (Å²) in [6.07, 6.45) is 5.38. The van der Waals surface area contributed by atoms with Crippen LogP contribution in [0, 0.1) is 5.92 Å². The van der Waals surface area contributed by atoms with Crippen molar-refractivity contribution >= 4 is 17.8 Å². The Balaban J connectivity index is 1.83. The molecule has 2 aliphatic rings. The summed E-state index contributed by atoms with van der Waals surface area (Å²) in [5, 5.41) is 9.25. The highest BCUT2D eigenvalue weighted by Crippen LogP contribution is 2.27. The van der Waals surface area contributed by atoms with Gasteiger partial charge in [0, 0.05) is 38.1 Å². The second-order valence-corrected chi connectivity index (χ2v) is 6.54. The molecule has 1 unspecified atom stereocenters. The third kappa shape index (κ3) is 5.39. The van der Waals surface area contributed by atoms with Crippen LogP contribution in [-0.4, -0.2) is 61.4 Å². The van der Waals surface area contributed by atoms with Gasteiger partial charge in [-0.25, -0.2) is 4.99 Å². The van der Waals surface area contributed by atoms with Crippen LogP contribution in [-0.2, 0) is 9.59 Å². The van der Waals surface area contributed by atoms with E-state index in [1.165, 1.54) is 12.8 Å². The Labute approximate surface area is 144 Å². The number of likely N-dealkylation sites (N-methyl/N-ethyl adjacent to an activating group) is 1. The topological polar surface area (TPSA) is 85.8 Å². The molecule has 1 saturated heterocycles. The Morgan fingerprint density at radius 2 is 1.79 bits per heavy atom. The molecule has 24 heavy (non-hydrogen) atoms. The van der Waals surface area contributed by atoms with Crippen LogP contribution in [0.3, 0.4) is 0 Å². The molecule has 0 aromatic heterocycles. The van der Waals surface area contributed by atoms with Gasteiger partial charge in [-0.3, -0.25) is 9.59 Å². The number of guanidine groups is 1. The molecule has 0 aromatic carbocycles. The molecule has 2 rings (SSSR count). The van der Waals surface area contributed by atoms with Gasteiger partial charge in [0.05, 0.1) is 0 Å². The van der Waals surface area contributed by atoms with E-state index in [0.29, 0.717) is 18.4 Å². The molecule has 1 atom stereocenters. The number of amides is 2. The molecule has 7 heteroatoms. The van der Waals surface area contributed by atoms with Gasteiger partial charge >= 0.3 is 0 Å². The van der Waals surface area contributed by atoms with Crippen LogP contribution < -0.4 is 16.0 Å². The summed E-state index contributed by atoms with van der Waals surface area (Å²) >= 11 is 0. The largest absolute Gasteiger partial charge is 0.357 e. The van der Waals surface area contributed by atoms with Crippen molar-refractivity contribution in [2.24, 2.45) is 10.9 Å². The minimum absolute atomic E-state index is 0.0841. The molecule has 136 valence electrons. The molecular weight excluding hydrogens is 306 g/mol. The van der Waals surface area contributed by atoms with Crippen molar-refractivity contribution in [2.45, 2.75) is 52.0 Å². The molecule has 0 radical (unpaired) electrons. The summed E-state index contributed by atoms with van der Waals surface area (Å²) < 4.78 is 0. The summed E-state index contributed by atoms with van der Waals surface area (Å²) in [4.78, 5) is 30.4. The van der Waals surface area contributed by atoms with Crippen molar-refractivity contribution in [3.05, 3.63) is 0 Å². The van der Waals surface area contributed by atoms with E-state index in [1.54, 1.807) is 0 Å². The molecule has 0 aromatic rings. The number of hydrogen-bond donors (Lipinski definition) is 3. The van der Waals surface area contributed by atoms with Gasteiger partial charge in [0.1, 0.15) is 6.54 Å². The third-order valence-electron chi connectivity index (χ3n) is 4.64. The van der Waals surface area contributed by atoms with Gasteiger partial charge in [-0.2, -0.15) is 0 Å². The molecule has 7 nitrogen and oxygen atoms in total. The Kier molecular flexibility index (Phi) is 7.34. The average molecular weight is 337 g/mol. The van der Waals surface area contributed by atoms with Crippen molar-refractivity contribution in [2.75, 3.05) is 32.7 Å². The van der Waals surface area contributed by atoms with E-state index in [4.69, 9.17) is 0 Å². The first-order valence-corrected chi connectivity index (χ1v) is 9.24. The van der Waals surface area contributed by atoms with Gasteiger partial charge < -0.3 is 20.9 Å². The first-order chi connectivity index (χ1) is 11.6. The number of carbonyl (C=O) groups is 2. The predicted molar refractivity (Wildman–Crippen MR) is 94.7 cm³/mol. The first-order valence-electron chi connectivity index (χ1n) is 9.24. The number of hydrogen-bond acceptors (Lipinski definition) is 3. The van der Waals surface area contributed by atoms with Crippen molar-refractivity contribution in [1.82, 2.24) is 20.9 Å². The maximum Gasteiger partial charge on any atom is 0.241 e. The summed E-state index contributed by atoms with van der Waals surface area (Å²) in [6.45, 7) is 6.87. The lowest BCUT2D eigenvalue weighted by atomic mass is 10.1. The third-order valence-corrected chi connectivity index (χ3v) is 4.64. The zero-order chi connectivity index (χ0) is 17.4. The quantitative estimate of drug-likeness (QED) is 0.486. The minimum atomic E-state index is -0.0841. The molecule has 2 fully saturated rings. The van der Waals surface area contributed by atoms with Crippen LogP contribution in [0.2, 0.25) is 0 Å². The van der Waals surface area contributed by atoms with E-state index in [-0.39, 0.29) is 24.4 Å². The average Bonchev–Trinajstić information content (AvgIpc) is 3.24. The Morgan fingerprint density at radius 1 is 1.08 bits per heavy atom. The Bertz CT molecular complexity index is 460. The SMILES string of the molecule is CCNC(=O)CN=C(NCC)NC1CCN(C(=O)C2CCCC2)C1. The molecule has 3 N–H and O–H groups in total. The molecule has 1 aliphatic heterocycles. The Hall–Kier alpha value is -1.79. The van der Waals surface area contributed by atoms with Crippen LogP contribution >= 0.6 is 0 Å². The van der Waals surface area contributed by atoms with Crippen LogP contribution in [0.1, 0.15) is 46.0 Å². The number of nitrogens with one attached hydrogen (secondary N) is 3. The molecule has 1 heterocycles. The van der Waals surface area contributed by atoms with Crippen molar-refractivity contribution in [3.63, 3.8) is 0 Å². The summed E-state index contributed by atoms with van der Waals surface area (Å²) in [6, 6.07) is 0.197. The van der Waals surface area contributed by atoms with Gasteiger partial charge in [-0.05, 0) is 33.1 Å². The second kappa shape index (κ2) is 9.49. The lowest BCUT2D eigenvalue weighted by Gasteiger charge is -2.21. The normalized spacial score (nSPS) is 21.8. The van der Waals surface area contributed by atoms with Crippen LogP contribution in [0.25, 0.3) is 0 Å². The van der Waals surface area contributed by atoms with Gasteiger partial charge in [0.15, 0.2) is 5.96 Å². The molecule has 2 amide bonds. The lowest BCUT2D eigenvalue weighted by Crippen LogP contribution is -2.46. The van der Waals surface area contributed by atoms with Crippen molar-refractivity contribution in [3.8, 4) is 0 Å². The van der Waals surface area contributed by atoms with Crippen LogP contribution in [0.5, 0.6) is 0 Å². The van der Waals surface area contributed by atoms with E-state index in [2.05, 4.69) is 20.9 Å². The standard InChI is InChI=1S/C17H31N5O2/c1-3-18-15(23)11-20-17(19-4-2)21-14-9-10-22(12-14)16(24)13-7-5-6-8-13/h13-14H,3-12H2,1-2H3,(H,18,23)(H2,19,20,21). The van der Waals surface area contributed by atoms with Crippen molar-refractivity contribution in [1.29, 1.82) is 0 Å². The number of aliphatic imine (C=N–C) groups is 1. The van der Waals surface area contributed by atoms with Gasteiger partial charge in [-0.1, -0.05) is 12.8 Å². The molecule has 0 spiro atoms. The van der Waals surface area contributed by atoms with Crippen LogP contribution in [0.4, 0.5) is 0 Å². The van der Waals surface area contributed by atoms with Gasteiger partial charge in [0.2, 0.25) is 11.8 Å². The number of nitrogens with zero attached hydrogens (tertiary/aromatic N) is 2. The van der Waals surface area contributed by atoms with Crippen LogP contribution in [0.15, 0.2) is 4.99 Å². The maximum atomic E-state index is 12.5. The van der Waals surface area contributed by atoms with Gasteiger partial charge in [0.25, 0.3) is 0 Å². The second-order valence-electron chi connectivity index (χ2n) is 6.54. The highest BCUT2D eigenvalue weighted by Gasteiger charge is 2.32. The molecule has 1 saturated carbocycles. The highest BCUT2D eigenvalue weighted by molar-refractivity contribution is 5.85. The number of rotatable bonds is 6. The fourth-order valence-corrected chi connectivity index (χ4v) is 3.43. The number of likely N-dealkylation sites (tertiary alicyclic amines) is 1. The highest BCUT2D eigenvalue weighted by atomic mass is 16.2. The smallest absolute Gasteiger partial charge is 0.241 e. The van der Waals surface area contributed by atoms with E-state index in [9.17, 15) is 9.59 Å². The molecule has 0 bridgehead atoms. The number of carbonyl (C=O) groups excluding carboxylic acids is 2. The first kappa shape index (κ1) is 18.5. The van der Waals surface area contributed by atoms with Gasteiger partial charge in [-0.15, -0.1) is 0 Å². The maximum absolute atomic E-state index is 12.5. The fraction of sp³-hybridized carbons (Fsp3) is 0.824. The monoisotopic (exact) mass is 337 g/mol. The summed E-state index contributed by atoms with van der Waals surface area (Å²) in [5.41, 5.74) is 0. The zero-order valence-electron chi connectivity index (χ0n) is 14.9. The van der Waals surface area contributed by atoms with E-state index in [1.807, 2.05) is 18.7 Å². The molecule has 1 aliphatic carbocycles. The fourth-order valence-electron chi connectivity index (χ4n) is 3.43. The summed E-state index contributed by atoms with van der Waals surface area (Å²) in [7, 11) is 0.